The summed E-state index contributed by atoms with van der Waals surface area (Å²) in [6, 6.07) is 4.12. The van der Waals surface area contributed by atoms with E-state index in [1.54, 1.807) is 0 Å². The molecule has 0 amide bonds. The van der Waals surface area contributed by atoms with Gasteiger partial charge in [-0.25, -0.2) is 0 Å². The summed E-state index contributed by atoms with van der Waals surface area (Å²) in [5, 5.41) is 4.30. The van der Waals surface area contributed by atoms with E-state index in [0.717, 1.165) is 43.3 Å². The third-order valence-corrected chi connectivity index (χ3v) is 4.05. The lowest BCUT2D eigenvalue weighted by atomic mass is 9.80. The maximum absolute atomic E-state index is 6.25. The maximum Gasteiger partial charge on any atom is 0.126 e. The Morgan fingerprint density at radius 2 is 2.11 bits per heavy atom. The van der Waals surface area contributed by atoms with Gasteiger partial charge >= 0.3 is 0 Å². The van der Waals surface area contributed by atoms with E-state index >= 15 is 0 Å². The Balaban J connectivity index is 2.15. The first-order valence-corrected chi connectivity index (χ1v) is 7.59. The summed E-state index contributed by atoms with van der Waals surface area (Å²) < 4.78 is 5.82. The van der Waals surface area contributed by atoms with Crippen molar-refractivity contribution in [2.75, 3.05) is 19.7 Å². The minimum atomic E-state index is 0.0834. The molecule has 1 aliphatic heterocycles. The van der Waals surface area contributed by atoms with Gasteiger partial charge in [-0.05, 0) is 49.0 Å². The van der Waals surface area contributed by atoms with Gasteiger partial charge in [0.15, 0.2) is 0 Å². The molecule has 0 unspecified atom stereocenters. The summed E-state index contributed by atoms with van der Waals surface area (Å²) in [5.74, 6) is 1.07. The Morgan fingerprint density at radius 3 is 2.84 bits per heavy atom. The minimum Gasteiger partial charge on any atom is -0.493 e. The van der Waals surface area contributed by atoms with E-state index in [-0.39, 0.29) is 5.41 Å². The standard InChI is InChI=1S/C16H24ClNO/c1-4-7-18-8-6-16(2,3)14-11-13(17)10-12-5-9-19-15(12)14/h10-11,18H,4-9H2,1-3H3. The molecule has 0 saturated heterocycles. The van der Waals surface area contributed by atoms with E-state index in [4.69, 9.17) is 16.3 Å². The SMILES string of the molecule is CCCNCCC(C)(C)c1cc(Cl)cc2c1OCC2. The third-order valence-electron chi connectivity index (χ3n) is 3.83. The predicted octanol–water partition coefficient (Wildman–Crippen LogP) is 3.94. The van der Waals surface area contributed by atoms with Crippen molar-refractivity contribution in [3.8, 4) is 5.75 Å². The molecule has 1 heterocycles. The van der Waals surface area contributed by atoms with Gasteiger partial charge < -0.3 is 10.1 Å². The average Bonchev–Trinajstić information content (AvgIpc) is 2.81. The zero-order valence-electron chi connectivity index (χ0n) is 12.2. The number of benzene rings is 1. The fraction of sp³-hybridized carbons (Fsp3) is 0.625. The molecule has 1 aromatic carbocycles. The highest BCUT2D eigenvalue weighted by Gasteiger charge is 2.28. The third kappa shape index (κ3) is 3.43. The second-order valence-corrected chi connectivity index (χ2v) is 6.36. The number of rotatable bonds is 6. The van der Waals surface area contributed by atoms with Crippen LogP contribution in [-0.4, -0.2) is 19.7 Å². The Morgan fingerprint density at radius 1 is 1.32 bits per heavy atom. The monoisotopic (exact) mass is 281 g/mol. The zero-order valence-corrected chi connectivity index (χ0v) is 12.9. The van der Waals surface area contributed by atoms with Crippen LogP contribution in [0.4, 0.5) is 0 Å². The zero-order chi connectivity index (χ0) is 13.9. The summed E-state index contributed by atoms with van der Waals surface area (Å²) in [5.41, 5.74) is 2.60. The van der Waals surface area contributed by atoms with Crippen molar-refractivity contribution in [2.45, 2.75) is 45.4 Å². The predicted molar refractivity (Wildman–Crippen MR) is 81.5 cm³/mol. The first-order chi connectivity index (χ1) is 9.04. The molecule has 0 spiro atoms. The fourth-order valence-corrected chi connectivity index (χ4v) is 2.85. The van der Waals surface area contributed by atoms with Crippen LogP contribution in [0.1, 0.15) is 44.7 Å². The van der Waals surface area contributed by atoms with Gasteiger partial charge in [0.2, 0.25) is 0 Å². The number of ether oxygens (including phenoxy) is 1. The molecule has 0 saturated carbocycles. The number of nitrogens with one attached hydrogen (secondary N) is 1. The van der Waals surface area contributed by atoms with Gasteiger partial charge in [-0.3, -0.25) is 0 Å². The molecule has 1 aromatic rings. The van der Waals surface area contributed by atoms with Gasteiger partial charge in [-0.2, -0.15) is 0 Å². The van der Waals surface area contributed by atoms with Crippen LogP contribution in [0.15, 0.2) is 12.1 Å². The molecule has 0 fully saturated rings. The number of halogens is 1. The highest BCUT2D eigenvalue weighted by molar-refractivity contribution is 6.30. The van der Waals surface area contributed by atoms with Gasteiger partial charge in [-0.1, -0.05) is 32.4 Å². The summed E-state index contributed by atoms with van der Waals surface area (Å²) in [6.07, 6.45) is 3.24. The molecule has 0 radical (unpaired) electrons. The normalized spacial score (nSPS) is 14.3. The van der Waals surface area contributed by atoms with Crippen molar-refractivity contribution in [3.63, 3.8) is 0 Å². The summed E-state index contributed by atoms with van der Waals surface area (Å²) in [4.78, 5) is 0. The van der Waals surface area contributed by atoms with Crippen LogP contribution in [-0.2, 0) is 11.8 Å². The van der Waals surface area contributed by atoms with Crippen molar-refractivity contribution in [3.05, 3.63) is 28.3 Å². The quantitative estimate of drug-likeness (QED) is 0.798. The molecule has 19 heavy (non-hydrogen) atoms. The smallest absolute Gasteiger partial charge is 0.126 e. The van der Waals surface area contributed by atoms with E-state index in [1.165, 1.54) is 17.5 Å². The Labute approximate surface area is 121 Å². The van der Waals surface area contributed by atoms with Crippen LogP contribution in [0, 0.1) is 0 Å². The molecule has 106 valence electrons. The Hall–Kier alpha value is -0.730. The highest BCUT2D eigenvalue weighted by Crippen LogP contribution is 2.41. The maximum atomic E-state index is 6.25. The molecular weight excluding hydrogens is 258 g/mol. The second-order valence-electron chi connectivity index (χ2n) is 5.92. The molecule has 0 atom stereocenters. The fourth-order valence-electron chi connectivity index (χ4n) is 2.61. The van der Waals surface area contributed by atoms with Crippen LogP contribution >= 0.6 is 11.6 Å². The molecule has 1 aliphatic rings. The molecule has 2 rings (SSSR count). The largest absolute Gasteiger partial charge is 0.493 e. The lowest BCUT2D eigenvalue weighted by molar-refractivity contribution is 0.341. The van der Waals surface area contributed by atoms with Crippen molar-refractivity contribution in [1.29, 1.82) is 0 Å². The van der Waals surface area contributed by atoms with Gasteiger partial charge in [0.05, 0.1) is 6.61 Å². The van der Waals surface area contributed by atoms with Gasteiger partial charge in [-0.15, -0.1) is 0 Å². The van der Waals surface area contributed by atoms with Crippen molar-refractivity contribution in [1.82, 2.24) is 5.32 Å². The molecule has 0 aromatic heterocycles. The molecule has 2 nitrogen and oxygen atoms in total. The molecular formula is C16H24ClNO. The summed E-state index contributed by atoms with van der Waals surface area (Å²) >= 11 is 6.25. The van der Waals surface area contributed by atoms with E-state index in [1.807, 2.05) is 6.07 Å². The first kappa shape index (κ1) is 14.7. The average molecular weight is 282 g/mol. The Kier molecular flexibility index (Phi) is 4.75. The number of hydrogen-bond donors (Lipinski definition) is 1. The number of hydrogen-bond acceptors (Lipinski definition) is 2. The van der Waals surface area contributed by atoms with Crippen LogP contribution in [0.3, 0.4) is 0 Å². The summed E-state index contributed by atoms with van der Waals surface area (Å²) in [7, 11) is 0. The van der Waals surface area contributed by atoms with Gasteiger partial charge in [0.25, 0.3) is 0 Å². The summed E-state index contributed by atoms with van der Waals surface area (Å²) in [6.45, 7) is 9.63. The van der Waals surface area contributed by atoms with E-state index in [9.17, 15) is 0 Å². The molecule has 1 N–H and O–H groups in total. The van der Waals surface area contributed by atoms with Crippen molar-refractivity contribution < 1.29 is 4.74 Å². The lowest BCUT2D eigenvalue weighted by Crippen LogP contribution is -2.26. The van der Waals surface area contributed by atoms with E-state index < -0.39 is 0 Å². The van der Waals surface area contributed by atoms with Crippen LogP contribution in [0.2, 0.25) is 5.02 Å². The lowest BCUT2D eigenvalue weighted by Gasteiger charge is -2.27. The van der Waals surface area contributed by atoms with Gasteiger partial charge in [0, 0.05) is 17.0 Å². The Bertz CT molecular complexity index is 443. The molecule has 0 bridgehead atoms. The minimum absolute atomic E-state index is 0.0834. The van der Waals surface area contributed by atoms with Crippen LogP contribution < -0.4 is 10.1 Å². The van der Waals surface area contributed by atoms with E-state index in [0.29, 0.717) is 0 Å². The number of fused-ring (bicyclic) bond motifs is 1. The van der Waals surface area contributed by atoms with Crippen molar-refractivity contribution >= 4 is 11.6 Å². The molecule has 3 heteroatoms. The van der Waals surface area contributed by atoms with Crippen molar-refractivity contribution in [2.24, 2.45) is 0 Å². The van der Waals surface area contributed by atoms with Gasteiger partial charge in [0.1, 0.15) is 5.75 Å². The topological polar surface area (TPSA) is 21.3 Å². The van der Waals surface area contributed by atoms with Crippen LogP contribution in [0.25, 0.3) is 0 Å². The van der Waals surface area contributed by atoms with E-state index in [2.05, 4.69) is 32.2 Å². The molecule has 0 aliphatic carbocycles. The second kappa shape index (κ2) is 6.15. The highest BCUT2D eigenvalue weighted by atomic mass is 35.5. The van der Waals surface area contributed by atoms with Crippen LogP contribution in [0.5, 0.6) is 5.75 Å². The first-order valence-electron chi connectivity index (χ1n) is 7.21.